The molecule has 7 nitrogen and oxygen atoms in total. The van der Waals surface area contributed by atoms with Crippen LogP contribution in [0.5, 0.6) is 0 Å². The number of carbonyl (C=O) groups excluding carboxylic acids is 1. The van der Waals surface area contributed by atoms with Gasteiger partial charge in [-0.05, 0) is 37.9 Å². The zero-order valence-electron chi connectivity index (χ0n) is 12.6. The highest BCUT2D eigenvalue weighted by Gasteiger charge is 2.33. The van der Waals surface area contributed by atoms with Crippen molar-refractivity contribution in [3.63, 3.8) is 0 Å². The highest BCUT2D eigenvalue weighted by atomic mass is 35.5. The quantitative estimate of drug-likeness (QED) is 0.835. The van der Waals surface area contributed by atoms with Gasteiger partial charge in [0, 0.05) is 19.1 Å². The van der Waals surface area contributed by atoms with Gasteiger partial charge in [0.05, 0.1) is 0 Å². The van der Waals surface area contributed by atoms with Gasteiger partial charge >= 0.3 is 0 Å². The Morgan fingerprint density at radius 1 is 1.50 bits per heavy atom. The van der Waals surface area contributed by atoms with Crippen molar-refractivity contribution in [1.82, 2.24) is 9.62 Å². The van der Waals surface area contributed by atoms with E-state index >= 15 is 0 Å². The van der Waals surface area contributed by atoms with Crippen LogP contribution in [0.2, 0.25) is 0 Å². The molecule has 1 amide bonds. The number of likely N-dealkylation sites (tertiary alicyclic amines) is 1. The van der Waals surface area contributed by atoms with Crippen LogP contribution in [-0.4, -0.2) is 45.4 Å². The number of furan rings is 1. The molecule has 2 unspecified atom stereocenters. The van der Waals surface area contributed by atoms with Crippen molar-refractivity contribution < 1.29 is 17.6 Å². The topological polar surface area (TPSA) is 106 Å². The van der Waals surface area contributed by atoms with Crippen LogP contribution in [0.4, 0.5) is 0 Å². The summed E-state index contributed by atoms with van der Waals surface area (Å²) in [4.78, 5) is 14.2. The van der Waals surface area contributed by atoms with E-state index in [9.17, 15) is 13.2 Å². The van der Waals surface area contributed by atoms with E-state index in [-0.39, 0.29) is 35.2 Å². The molecule has 0 radical (unpaired) electrons. The summed E-state index contributed by atoms with van der Waals surface area (Å²) in [5.41, 5.74) is 5.77. The van der Waals surface area contributed by atoms with Crippen molar-refractivity contribution in [3.05, 3.63) is 17.9 Å². The van der Waals surface area contributed by atoms with Crippen LogP contribution < -0.4 is 10.5 Å². The molecule has 0 saturated carbocycles. The van der Waals surface area contributed by atoms with Gasteiger partial charge in [-0.15, -0.1) is 12.4 Å². The number of nitrogens with one attached hydrogen (secondary N) is 1. The molecule has 1 aliphatic rings. The first-order chi connectivity index (χ1) is 9.90. The average molecular weight is 352 g/mol. The fourth-order valence-corrected chi connectivity index (χ4v) is 3.33. The third-order valence-corrected chi connectivity index (χ3v) is 5.23. The van der Waals surface area contributed by atoms with Gasteiger partial charge in [-0.1, -0.05) is 6.92 Å². The van der Waals surface area contributed by atoms with E-state index in [0.29, 0.717) is 19.0 Å². The van der Waals surface area contributed by atoms with Crippen LogP contribution in [0, 0.1) is 5.92 Å². The summed E-state index contributed by atoms with van der Waals surface area (Å²) in [5, 5.41) is -0.261. The second-order valence-corrected chi connectivity index (χ2v) is 7.06. The largest absolute Gasteiger partial charge is 0.438 e. The van der Waals surface area contributed by atoms with Crippen molar-refractivity contribution in [2.45, 2.75) is 30.9 Å². The smallest absolute Gasteiger partial charge is 0.289 e. The van der Waals surface area contributed by atoms with E-state index in [0.717, 1.165) is 12.8 Å². The van der Waals surface area contributed by atoms with Gasteiger partial charge in [-0.3, -0.25) is 4.79 Å². The SMILES string of the molecule is CNS(=O)(=O)c1ccc(C(=O)N2CCCC(C)C2CN)o1.Cl. The van der Waals surface area contributed by atoms with Crippen LogP contribution in [0.15, 0.2) is 21.6 Å². The number of hydrogen-bond acceptors (Lipinski definition) is 5. The van der Waals surface area contributed by atoms with E-state index in [1.165, 1.54) is 19.2 Å². The molecular weight excluding hydrogens is 330 g/mol. The Balaban J connectivity index is 0.00000242. The Hall–Kier alpha value is -1.09. The lowest BCUT2D eigenvalue weighted by atomic mass is 9.90. The zero-order valence-corrected chi connectivity index (χ0v) is 14.2. The lowest BCUT2D eigenvalue weighted by Crippen LogP contribution is -2.51. The lowest BCUT2D eigenvalue weighted by molar-refractivity contribution is 0.0496. The fourth-order valence-electron chi connectivity index (χ4n) is 2.68. The zero-order chi connectivity index (χ0) is 15.6. The fraction of sp³-hybridized carbons (Fsp3) is 0.615. The Kier molecular flexibility index (Phi) is 6.42. The lowest BCUT2D eigenvalue weighted by Gasteiger charge is -2.38. The minimum Gasteiger partial charge on any atom is -0.438 e. The molecule has 2 heterocycles. The third kappa shape index (κ3) is 3.62. The van der Waals surface area contributed by atoms with E-state index in [1.807, 2.05) is 0 Å². The van der Waals surface area contributed by atoms with Crippen LogP contribution in [-0.2, 0) is 10.0 Å². The summed E-state index contributed by atoms with van der Waals surface area (Å²) in [6.45, 7) is 3.06. The third-order valence-electron chi connectivity index (χ3n) is 3.94. The molecule has 1 fully saturated rings. The number of piperidine rings is 1. The van der Waals surface area contributed by atoms with Gasteiger partial charge in [-0.2, -0.15) is 0 Å². The second kappa shape index (κ2) is 7.45. The van der Waals surface area contributed by atoms with Crippen molar-refractivity contribution in [1.29, 1.82) is 0 Å². The molecule has 3 N–H and O–H groups in total. The van der Waals surface area contributed by atoms with E-state index in [2.05, 4.69) is 11.6 Å². The van der Waals surface area contributed by atoms with E-state index < -0.39 is 10.0 Å². The molecule has 1 aliphatic heterocycles. The molecule has 1 aromatic rings. The Labute approximate surface area is 136 Å². The monoisotopic (exact) mass is 351 g/mol. The van der Waals surface area contributed by atoms with Crippen molar-refractivity contribution in [2.75, 3.05) is 20.1 Å². The number of amides is 1. The molecular formula is C13H22ClN3O4S. The first-order valence-corrected chi connectivity index (χ1v) is 8.43. The summed E-state index contributed by atoms with van der Waals surface area (Å²) in [5.74, 6) is 0.0362. The number of nitrogens with two attached hydrogens (primary N) is 1. The van der Waals surface area contributed by atoms with Crippen LogP contribution in [0.1, 0.15) is 30.3 Å². The number of hydrogen-bond donors (Lipinski definition) is 2. The summed E-state index contributed by atoms with van der Waals surface area (Å²) >= 11 is 0. The maximum atomic E-state index is 12.5. The normalized spacial score (nSPS) is 22.2. The molecule has 2 rings (SSSR count). The molecule has 0 bridgehead atoms. The van der Waals surface area contributed by atoms with Gasteiger partial charge in [-0.25, -0.2) is 13.1 Å². The number of nitrogens with zero attached hydrogens (tertiary/aromatic N) is 1. The number of halogens is 1. The first kappa shape index (κ1) is 19.0. The molecule has 1 saturated heterocycles. The van der Waals surface area contributed by atoms with Crippen molar-refractivity contribution in [2.24, 2.45) is 11.7 Å². The summed E-state index contributed by atoms with van der Waals surface area (Å²) in [6, 6.07) is 2.63. The highest BCUT2D eigenvalue weighted by molar-refractivity contribution is 7.89. The van der Waals surface area contributed by atoms with Gasteiger partial charge in [0.1, 0.15) is 0 Å². The molecule has 22 heavy (non-hydrogen) atoms. The van der Waals surface area contributed by atoms with Crippen molar-refractivity contribution in [3.8, 4) is 0 Å². The average Bonchev–Trinajstić information content (AvgIpc) is 2.96. The maximum absolute atomic E-state index is 12.5. The Bertz CT molecular complexity index is 617. The molecule has 1 aromatic heterocycles. The summed E-state index contributed by atoms with van der Waals surface area (Å²) in [7, 11) is -2.40. The Morgan fingerprint density at radius 2 is 2.18 bits per heavy atom. The van der Waals surface area contributed by atoms with Gasteiger partial charge in [0.25, 0.3) is 15.9 Å². The van der Waals surface area contributed by atoms with E-state index in [4.69, 9.17) is 10.2 Å². The Morgan fingerprint density at radius 3 is 2.77 bits per heavy atom. The number of rotatable bonds is 4. The number of carbonyl (C=O) groups is 1. The van der Waals surface area contributed by atoms with Gasteiger partial charge in [0.2, 0.25) is 5.09 Å². The molecule has 0 aliphatic carbocycles. The standard InChI is InChI=1S/C13H21N3O4S.ClH/c1-9-4-3-7-16(10(9)8-14)13(17)11-5-6-12(20-11)21(18,19)15-2;/h5-6,9-10,15H,3-4,7-8,14H2,1-2H3;1H. The van der Waals surface area contributed by atoms with Crippen molar-refractivity contribution >= 4 is 28.3 Å². The molecule has 9 heteroatoms. The van der Waals surface area contributed by atoms with Crippen LogP contribution >= 0.6 is 12.4 Å². The van der Waals surface area contributed by atoms with Crippen LogP contribution in [0.3, 0.4) is 0 Å². The number of sulfonamides is 1. The molecule has 0 aromatic carbocycles. The summed E-state index contributed by atoms with van der Waals surface area (Å²) in [6.07, 6.45) is 1.94. The second-order valence-electron chi connectivity index (χ2n) is 5.25. The highest BCUT2D eigenvalue weighted by Crippen LogP contribution is 2.25. The van der Waals surface area contributed by atoms with E-state index in [1.54, 1.807) is 4.90 Å². The minimum atomic E-state index is -3.68. The molecule has 0 spiro atoms. The predicted octanol–water partition coefficient (Wildman–Crippen LogP) is 0.809. The molecule has 126 valence electrons. The minimum absolute atomic E-state index is 0. The van der Waals surface area contributed by atoms with Gasteiger partial charge < -0.3 is 15.1 Å². The first-order valence-electron chi connectivity index (χ1n) is 6.95. The maximum Gasteiger partial charge on any atom is 0.289 e. The van der Waals surface area contributed by atoms with Crippen LogP contribution in [0.25, 0.3) is 0 Å². The molecule has 2 atom stereocenters. The predicted molar refractivity (Wildman–Crippen MR) is 84.5 cm³/mol. The van der Waals surface area contributed by atoms with Gasteiger partial charge in [0.15, 0.2) is 5.76 Å². The summed E-state index contributed by atoms with van der Waals surface area (Å²) < 4.78 is 30.6.